The van der Waals surface area contributed by atoms with E-state index in [2.05, 4.69) is 15.0 Å². The highest BCUT2D eigenvalue weighted by molar-refractivity contribution is 7.15. The number of halogens is 1. The molecule has 0 fully saturated rings. The topological polar surface area (TPSA) is 85.3 Å². The minimum absolute atomic E-state index is 0.148. The summed E-state index contributed by atoms with van der Waals surface area (Å²) in [5.41, 5.74) is 0.536. The van der Waals surface area contributed by atoms with Gasteiger partial charge in [-0.2, -0.15) is 0 Å². The fraction of sp³-hybridized carbons (Fsp3) is 0.100. The number of aromatic nitrogens is 5. The lowest BCUT2D eigenvalue weighted by atomic mass is 10.1. The summed E-state index contributed by atoms with van der Waals surface area (Å²) in [6.07, 6.45) is 7.28. The quantitative estimate of drug-likeness (QED) is 0.453. The van der Waals surface area contributed by atoms with Crippen molar-refractivity contribution >= 4 is 28.5 Å². The molecule has 0 spiro atoms. The van der Waals surface area contributed by atoms with Crippen LogP contribution in [0, 0.1) is 5.82 Å². The predicted octanol–water partition coefficient (Wildman–Crippen LogP) is 3.56. The maximum atomic E-state index is 13.1. The van der Waals surface area contributed by atoms with Crippen LogP contribution in [0.3, 0.4) is 0 Å². The van der Waals surface area contributed by atoms with Gasteiger partial charge in [0.25, 0.3) is 0 Å². The molecule has 0 amide bonds. The molecule has 7 nitrogen and oxygen atoms in total. The molecule has 5 rings (SSSR count). The van der Waals surface area contributed by atoms with E-state index in [4.69, 9.17) is 0 Å². The lowest BCUT2D eigenvalue weighted by Crippen LogP contribution is -2.15. The Hall–Kier alpha value is -3.37. The minimum Gasteiger partial charge on any atom is -0.501 e. The summed E-state index contributed by atoms with van der Waals surface area (Å²) in [5, 5.41) is 13.7. The number of aromatic hydroxyl groups is 1. The van der Waals surface area contributed by atoms with Gasteiger partial charge in [0, 0.05) is 41.5 Å². The molecule has 1 N–H and O–H groups in total. The van der Waals surface area contributed by atoms with Crippen LogP contribution >= 0.6 is 22.7 Å². The molecule has 0 atom stereocenters. The molecule has 5 aromatic rings. The van der Waals surface area contributed by atoms with Crippen LogP contribution in [-0.2, 0) is 13.0 Å². The second-order valence-electron chi connectivity index (χ2n) is 6.57. The molecule has 10 heteroatoms. The van der Waals surface area contributed by atoms with Gasteiger partial charge in [-0.25, -0.2) is 23.7 Å². The Kier molecular flexibility index (Phi) is 4.64. The Morgan fingerprint density at radius 1 is 1.13 bits per heavy atom. The molecular formula is C20H14FN5O2S2. The van der Waals surface area contributed by atoms with Crippen LogP contribution in [0.5, 0.6) is 5.75 Å². The highest BCUT2D eigenvalue weighted by atomic mass is 32.1. The SMILES string of the molecule is O=c1c(O)c(-c2ncc(Cc3ccc(F)cc3)s2)nc2n(Cc3nccs3)ccn12. The number of fused-ring (bicyclic) bond motifs is 1. The molecule has 1 aromatic carbocycles. The average Bonchev–Trinajstić information content (AvgIpc) is 3.49. The first kappa shape index (κ1) is 18.6. The van der Waals surface area contributed by atoms with E-state index in [9.17, 15) is 14.3 Å². The molecule has 0 saturated carbocycles. The van der Waals surface area contributed by atoms with E-state index in [1.54, 1.807) is 41.5 Å². The highest BCUT2D eigenvalue weighted by Gasteiger charge is 2.19. The van der Waals surface area contributed by atoms with E-state index < -0.39 is 11.3 Å². The zero-order valence-electron chi connectivity index (χ0n) is 15.4. The molecule has 4 heterocycles. The van der Waals surface area contributed by atoms with E-state index in [0.29, 0.717) is 23.8 Å². The molecule has 0 saturated heterocycles. The Balaban J connectivity index is 1.52. The van der Waals surface area contributed by atoms with E-state index in [1.807, 2.05) is 5.38 Å². The van der Waals surface area contributed by atoms with Crippen molar-refractivity contribution in [1.82, 2.24) is 23.9 Å². The van der Waals surface area contributed by atoms with E-state index >= 15 is 0 Å². The van der Waals surface area contributed by atoms with Crippen LogP contribution in [0.25, 0.3) is 16.5 Å². The van der Waals surface area contributed by atoms with Crippen molar-refractivity contribution in [3.8, 4) is 16.5 Å². The lowest BCUT2D eigenvalue weighted by molar-refractivity contribution is 0.464. The van der Waals surface area contributed by atoms with Crippen molar-refractivity contribution < 1.29 is 9.50 Å². The smallest absolute Gasteiger partial charge is 0.302 e. The van der Waals surface area contributed by atoms with E-state index in [-0.39, 0.29) is 11.5 Å². The lowest BCUT2D eigenvalue weighted by Gasteiger charge is -2.05. The van der Waals surface area contributed by atoms with Crippen LogP contribution in [0.2, 0.25) is 0 Å². The molecule has 0 radical (unpaired) electrons. The number of nitrogens with zero attached hydrogens (tertiary/aromatic N) is 5. The zero-order valence-corrected chi connectivity index (χ0v) is 17.0. The molecule has 0 aliphatic rings. The Morgan fingerprint density at radius 2 is 1.97 bits per heavy atom. The number of imidazole rings is 1. The maximum Gasteiger partial charge on any atom is 0.302 e. The summed E-state index contributed by atoms with van der Waals surface area (Å²) in [4.78, 5) is 26.7. The predicted molar refractivity (Wildman–Crippen MR) is 113 cm³/mol. The molecule has 0 unspecified atom stereocenters. The molecule has 0 aliphatic carbocycles. The van der Waals surface area contributed by atoms with Crippen LogP contribution in [-0.4, -0.2) is 29.0 Å². The Morgan fingerprint density at radius 3 is 2.73 bits per heavy atom. The van der Waals surface area contributed by atoms with Crippen LogP contribution in [0.1, 0.15) is 15.4 Å². The van der Waals surface area contributed by atoms with Gasteiger partial charge in [0.15, 0.2) is 5.69 Å². The first-order valence-corrected chi connectivity index (χ1v) is 10.7. The fourth-order valence-electron chi connectivity index (χ4n) is 3.12. The third-order valence-corrected chi connectivity index (χ3v) is 6.33. The summed E-state index contributed by atoms with van der Waals surface area (Å²) >= 11 is 2.85. The average molecular weight is 439 g/mol. The van der Waals surface area contributed by atoms with Gasteiger partial charge in [0.2, 0.25) is 11.5 Å². The Labute approximate surface area is 177 Å². The van der Waals surface area contributed by atoms with Crippen LogP contribution < -0.4 is 5.56 Å². The summed E-state index contributed by atoms with van der Waals surface area (Å²) < 4.78 is 16.2. The maximum absolute atomic E-state index is 13.1. The second kappa shape index (κ2) is 7.47. The van der Waals surface area contributed by atoms with Crippen molar-refractivity contribution in [2.24, 2.45) is 0 Å². The van der Waals surface area contributed by atoms with E-state index in [0.717, 1.165) is 15.4 Å². The molecule has 0 bridgehead atoms. The van der Waals surface area contributed by atoms with Crippen molar-refractivity contribution in [3.63, 3.8) is 0 Å². The summed E-state index contributed by atoms with van der Waals surface area (Å²) in [6, 6.07) is 6.26. The van der Waals surface area contributed by atoms with Gasteiger partial charge < -0.3 is 9.67 Å². The van der Waals surface area contributed by atoms with Crippen molar-refractivity contribution in [1.29, 1.82) is 0 Å². The molecule has 4 aromatic heterocycles. The zero-order chi connectivity index (χ0) is 20.7. The van der Waals surface area contributed by atoms with Gasteiger partial charge in [-0.3, -0.25) is 4.79 Å². The summed E-state index contributed by atoms with van der Waals surface area (Å²) in [6.45, 7) is 0.471. The minimum atomic E-state index is -0.553. The summed E-state index contributed by atoms with van der Waals surface area (Å²) in [5.74, 6) is -0.326. The van der Waals surface area contributed by atoms with Crippen molar-refractivity contribution in [3.05, 3.63) is 86.1 Å². The standard InChI is InChI=1S/C20H14FN5O2S2/c21-13-3-1-12(2-4-13)9-14-10-23-18(30-14)16-17(27)19(28)26-7-6-25(20(26)24-16)11-15-22-5-8-29-15/h1-8,10,27H,9,11H2. The largest absolute Gasteiger partial charge is 0.501 e. The molecule has 0 aliphatic heterocycles. The van der Waals surface area contributed by atoms with Gasteiger partial charge in [0.05, 0.1) is 6.54 Å². The van der Waals surface area contributed by atoms with E-state index in [1.165, 1.54) is 39.2 Å². The summed E-state index contributed by atoms with van der Waals surface area (Å²) in [7, 11) is 0. The van der Waals surface area contributed by atoms with Gasteiger partial charge in [-0.05, 0) is 17.7 Å². The van der Waals surface area contributed by atoms with Crippen LogP contribution in [0.15, 0.2) is 59.2 Å². The number of benzene rings is 1. The Bertz CT molecular complexity index is 1390. The van der Waals surface area contributed by atoms with Gasteiger partial charge >= 0.3 is 5.56 Å². The van der Waals surface area contributed by atoms with Crippen molar-refractivity contribution in [2.75, 3.05) is 0 Å². The number of hydrogen-bond acceptors (Lipinski definition) is 7. The third-order valence-electron chi connectivity index (χ3n) is 4.56. The highest BCUT2D eigenvalue weighted by Crippen LogP contribution is 2.30. The normalized spacial score (nSPS) is 11.4. The molecular weight excluding hydrogens is 425 g/mol. The van der Waals surface area contributed by atoms with Crippen LogP contribution in [0.4, 0.5) is 4.39 Å². The number of rotatable bonds is 5. The number of hydrogen-bond donors (Lipinski definition) is 1. The van der Waals surface area contributed by atoms with Gasteiger partial charge in [0.1, 0.15) is 15.8 Å². The van der Waals surface area contributed by atoms with Crippen molar-refractivity contribution in [2.45, 2.75) is 13.0 Å². The van der Waals surface area contributed by atoms with Gasteiger partial charge in [-0.15, -0.1) is 22.7 Å². The fourth-order valence-corrected chi connectivity index (χ4v) is 4.67. The number of thiazole rings is 2. The third kappa shape index (κ3) is 3.40. The second-order valence-corrected chi connectivity index (χ2v) is 8.67. The van der Waals surface area contributed by atoms with Gasteiger partial charge in [-0.1, -0.05) is 12.1 Å². The monoisotopic (exact) mass is 439 g/mol. The first-order valence-electron chi connectivity index (χ1n) is 8.97. The molecule has 150 valence electrons. The molecule has 30 heavy (non-hydrogen) atoms. The first-order chi connectivity index (χ1) is 14.6.